The largest absolute Gasteiger partial charge is 0.398 e. The second kappa shape index (κ2) is 4.66. The van der Waals surface area contributed by atoms with Crippen LogP contribution in [0.3, 0.4) is 0 Å². The van der Waals surface area contributed by atoms with Crippen molar-refractivity contribution in [3.63, 3.8) is 0 Å². The van der Waals surface area contributed by atoms with Crippen molar-refractivity contribution in [2.45, 2.75) is 39.2 Å². The monoisotopic (exact) mass is 282 g/mol. The molecule has 0 radical (unpaired) electrons. The van der Waals surface area contributed by atoms with Crippen LogP contribution >= 0.6 is 15.9 Å². The summed E-state index contributed by atoms with van der Waals surface area (Å²) in [4.78, 5) is 0. The van der Waals surface area contributed by atoms with Crippen molar-refractivity contribution in [1.82, 2.24) is 0 Å². The molecule has 1 aliphatic carbocycles. The summed E-state index contributed by atoms with van der Waals surface area (Å²) in [5, 5.41) is 3.58. The van der Waals surface area contributed by atoms with Crippen LogP contribution in [0, 0.1) is 12.8 Å². The van der Waals surface area contributed by atoms with E-state index in [0.29, 0.717) is 6.04 Å². The van der Waals surface area contributed by atoms with E-state index in [0.717, 1.165) is 27.3 Å². The molecule has 0 saturated heterocycles. The van der Waals surface area contributed by atoms with Gasteiger partial charge in [-0.1, -0.05) is 6.42 Å². The highest BCUT2D eigenvalue weighted by atomic mass is 79.9. The van der Waals surface area contributed by atoms with Gasteiger partial charge in [-0.25, -0.2) is 0 Å². The van der Waals surface area contributed by atoms with Gasteiger partial charge in [0, 0.05) is 21.9 Å². The summed E-state index contributed by atoms with van der Waals surface area (Å²) >= 11 is 3.56. The van der Waals surface area contributed by atoms with Gasteiger partial charge in [-0.2, -0.15) is 0 Å². The maximum absolute atomic E-state index is 5.86. The van der Waals surface area contributed by atoms with Crippen molar-refractivity contribution in [3.8, 4) is 0 Å². The van der Waals surface area contributed by atoms with Gasteiger partial charge in [0.2, 0.25) is 0 Å². The molecule has 0 aromatic heterocycles. The highest BCUT2D eigenvalue weighted by molar-refractivity contribution is 9.10. The van der Waals surface area contributed by atoms with Crippen LogP contribution in [-0.2, 0) is 0 Å². The first-order valence-corrected chi connectivity index (χ1v) is 6.69. The van der Waals surface area contributed by atoms with Crippen molar-refractivity contribution in [1.29, 1.82) is 0 Å². The topological polar surface area (TPSA) is 38.0 Å². The van der Waals surface area contributed by atoms with E-state index in [1.807, 2.05) is 13.0 Å². The number of anilines is 2. The predicted octanol–water partition coefficient (Wildman–Crippen LogP) is 3.94. The van der Waals surface area contributed by atoms with Crippen molar-refractivity contribution >= 4 is 27.3 Å². The Morgan fingerprint density at radius 2 is 2.12 bits per heavy atom. The molecule has 0 heterocycles. The number of aryl methyl sites for hydroxylation is 1. The van der Waals surface area contributed by atoms with E-state index in [2.05, 4.69) is 34.2 Å². The third-order valence-electron chi connectivity index (χ3n) is 3.60. The molecule has 3 N–H and O–H groups in total. The second-order valence-electron chi connectivity index (χ2n) is 4.81. The normalized spacial score (nSPS) is 17.9. The molecule has 1 aromatic rings. The number of nitrogens with one attached hydrogen (secondary N) is 1. The van der Waals surface area contributed by atoms with E-state index in [-0.39, 0.29) is 0 Å². The van der Waals surface area contributed by atoms with Crippen LogP contribution < -0.4 is 11.1 Å². The van der Waals surface area contributed by atoms with Crippen LogP contribution in [0.2, 0.25) is 0 Å². The Labute approximate surface area is 106 Å². The smallest absolute Gasteiger partial charge is 0.0490 e. The lowest BCUT2D eigenvalue weighted by Crippen LogP contribution is -2.30. The molecular weight excluding hydrogens is 264 g/mol. The van der Waals surface area contributed by atoms with Crippen LogP contribution in [0.15, 0.2) is 16.6 Å². The lowest BCUT2D eigenvalue weighted by atomic mass is 9.80. The molecule has 1 saturated carbocycles. The fourth-order valence-electron chi connectivity index (χ4n) is 2.11. The van der Waals surface area contributed by atoms with Crippen molar-refractivity contribution in [3.05, 3.63) is 22.2 Å². The molecular formula is C13H19BrN2. The van der Waals surface area contributed by atoms with Gasteiger partial charge >= 0.3 is 0 Å². The lowest BCUT2D eigenvalue weighted by molar-refractivity contribution is 0.285. The summed E-state index contributed by atoms with van der Waals surface area (Å²) in [7, 11) is 0. The van der Waals surface area contributed by atoms with Gasteiger partial charge in [0.25, 0.3) is 0 Å². The summed E-state index contributed by atoms with van der Waals surface area (Å²) < 4.78 is 1.06. The summed E-state index contributed by atoms with van der Waals surface area (Å²) in [5.74, 6) is 0.838. The summed E-state index contributed by atoms with van der Waals surface area (Å²) in [6, 6.07) is 4.65. The van der Waals surface area contributed by atoms with Crippen LogP contribution in [0.1, 0.15) is 31.7 Å². The van der Waals surface area contributed by atoms with E-state index < -0.39 is 0 Å². The average molecular weight is 283 g/mol. The highest BCUT2D eigenvalue weighted by Crippen LogP contribution is 2.33. The van der Waals surface area contributed by atoms with Crippen molar-refractivity contribution < 1.29 is 0 Å². The maximum atomic E-state index is 5.86. The molecule has 88 valence electrons. The van der Waals surface area contributed by atoms with Gasteiger partial charge in [0.1, 0.15) is 0 Å². The Morgan fingerprint density at radius 1 is 1.44 bits per heavy atom. The van der Waals surface area contributed by atoms with Gasteiger partial charge in [-0.15, -0.1) is 0 Å². The third kappa shape index (κ3) is 2.34. The Morgan fingerprint density at radius 3 is 2.69 bits per heavy atom. The zero-order chi connectivity index (χ0) is 11.7. The van der Waals surface area contributed by atoms with Gasteiger partial charge in [-0.3, -0.25) is 0 Å². The summed E-state index contributed by atoms with van der Waals surface area (Å²) in [6.07, 6.45) is 4.11. The summed E-state index contributed by atoms with van der Waals surface area (Å²) in [6.45, 7) is 4.31. The fraction of sp³-hybridized carbons (Fsp3) is 0.538. The minimum absolute atomic E-state index is 0.549. The molecule has 1 atom stereocenters. The number of halogens is 1. The number of hydrogen-bond donors (Lipinski definition) is 2. The van der Waals surface area contributed by atoms with Crippen molar-refractivity contribution in [2.75, 3.05) is 11.1 Å². The number of rotatable bonds is 3. The fourth-order valence-corrected chi connectivity index (χ4v) is 2.59. The molecule has 0 bridgehead atoms. The Bertz CT molecular complexity index is 386. The van der Waals surface area contributed by atoms with E-state index in [1.165, 1.54) is 19.3 Å². The average Bonchev–Trinajstić information content (AvgIpc) is 2.11. The quantitative estimate of drug-likeness (QED) is 0.824. The highest BCUT2D eigenvalue weighted by Gasteiger charge is 2.24. The lowest BCUT2D eigenvalue weighted by Gasteiger charge is -2.33. The minimum Gasteiger partial charge on any atom is -0.398 e. The third-order valence-corrected chi connectivity index (χ3v) is 4.25. The van der Waals surface area contributed by atoms with Crippen LogP contribution in [0.25, 0.3) is 0 Å². The van der Waals surface area contributed by atoms with Gasteiger partial charge in [-0.05, 0) is 66.2 Å². The summed E-state index contributed by atoms with van der Waals surface area (Å²) in [5.41, 5.74) is 8.99. The predicted molar refractivity (Wildman–Crippen MR) is 73.7 cm³/mol. The molecule has 0 aliphatic heterocycles. The molecule has 16 heavy (non-hydrogen) atoms. The first kappa shape index (κ1) is 11.8. The first-order valence-electron chi connectivity index (χ1n) is 5.90. The zero-order valence-corrected chi connectivity index (χ0v) is 11.5. The molecule has 2 nitrogen and oxygen atoms in total. The molecule has 1 aliphatic rings. The van der Waals surface area contributed by atoms with E-state index in [4.69, 9.17) is 5.73 Å². The molecule has 2 rings (SSSR count). The molecule has 0 spiro atoms. The first-order chi connectivity index (χ1) is 7.58. The zero-order valence-electron chi connectivity index (χ0n) is 9.89. The second-order valence-corrected chi connectivity index (χ2v) is 5.67. The van der Waals surface area contributed by atoms with Gasteiger partial charge in [0.15, 0.2) is 0 Å². The number of nitrogen functional groups attached to an aromatic ring is 1. The molecule has 0 amide bonds. The van der Waals surface area contributed by atoms with E-state index in [1.54, 1.807) is 0 Å². The number of hydrogen-bond acceptors (Lipinski definition) is 2. The molecule has 1 fully saturated rings. The molecule has 3 heteroatoms. The minimum atomic E-state index is 0.549. The Hall–Kier alpha value is -0.700. The molecule has 1 unspecified atom stereocenters. The molecule has 1 aromatic carbocycles. The van der Waals surface area contributed by atoms with Crippen LogP contribution in [0.4, 0.5) is 11.4 Å². The van der Waals surface area contributed by atoms with E-state index in [9.17, 15) is 0 Å². The maximum Gasteiger partial charge on any atom is 0.0490 e. The van der Waals surface area contributed by atoms with Gasteiger partial charge in [0.05, 0.1) is 0 Å². The number of benzene rings is 1. The van der Waals surface area contributed by atoms with Crippen LogP contribution in [0.5, 0.6) is 0 Å². The van der Waals surface area contributed by atoms with Crippen LogP contribution in [-0.4, -0.2) is 6.04 Å². The Kier molecular flexibility index (Phi) is 3.43. The SMILES string of the molecule is Cc1cc(NC(C)C2CCC2)c(Br)cc1N. The number of nitrogens with two attached hydrogens (primary N) is 1. The van der Waals surface area contributed by atoms with E-state index >= 15 is 0 Å². The Balaban J connectivity index is 2.11. The standard InChI is InChI=1S/C13H19BrN2/c1-8-6-13(11(14)7-12(8)15)16-9(2)10-4-3-5-10/h6-7,9-10,16H,3-5,15H2,1-2H3. The van der Waals surface area contributed by atoms with Crippen molar-refractivity contribution in [2.24, 2.45) is 5.92 Å². The van der Waals surface area contributed by atoms with Gasteiger partial charge < -0.3 is 11.1 Å².